The topological polar surface area (TPSA) is 65.4 Å². The Bertz CT molecular complexity index is 1260. The number of nitrogens with one attached hydrogen (secondary N) is 1. The number of benzene rings is 2. The fourth-order valence-corrected chi connectivity index (χ4v) is 6.43. The predicted molar refractivity (Wildman–Crippen MR) is 131 cm³/mol. The van der Waals surface area contributed by atoms with E-state index in [-0.39, 0.29) is 28.9 Å². The molecule has 5 rings (SSSR count). The van der Waals surface area contributed by atoms with Crippen molar-refractivity contribution < 1.29 is 9.53 Å². The Kier molecular flexibility index (Phi) is 5.40. The normalized spacial score (nSPS) is 24.2. The van der Waals surface area contributed by atoms with Crippen LogP contribution < -0.4 is 10.1 Å². The molecule has 1 saturated carbocycles. The number of hydrogen-bond acceptors (Lipinski definition) is 4. The maximum absolute atomic E-state index is 13.4. The molecule has 0 aromatic heterocycles. The van der Waals surface area contributed by atoms with Crippen LogP contribution in [-0.4, -0.2) is 36.0 Å². The summed E-state index contributed by atoms with van der Waals surface area (Å²) in [6, 6.07) is 13.2. The third-order valence-corrected chi connectivity index (χ3v) is 7.84. The van der Waals surface area contributed by atoms with Crippen LogP contribution in [0.2, 0.25) is 5.02 Å². The highest BCUT2D eigenvalue weighted by Gasteiger charge is 2.66. The molecule has 34 heavy (non-hydrogen) atoms. The van der Waals surface area contributed by atoms with E-state index < -0.39 is 0 Å². The van der Waals surface area contributed by atoms with E-state index >= 15 is 0 Å². The van der Waals surface area contributed by atoms with Gasteiger partial charge in [0.2, 0.25) is 0 Å². The Morgan fingerprint density at radius 3 is 2.47 bits per heavy atom. The first-order valence-corrected chi connectivity index (χ1v) is 12.0. The third kappa shape index (κ3) is 3.56. The van der Waals surface area contributed by atoms with Crippen molar-refractivity contribution in [3.63, 3.8) is 0 Å². The maximum atomic E-state index is 13.4. The molecular weight excluding hydrogens is 446 g/mol. The number of hydrogen-bond donors (Lipinski definition) is 1. The SMILES string of the molecule is CC1(C)[C@H](Oc2ccc(C#N)c(Cl)c2)C(C)(C)[C@H]1N1Cc2cc(C#CC3CNC3)ccc2C1=O. The van der Waals surface area contributed by atoms with Gasteiger partial charge in [0.15, 0.2) is 0 Å². The fraction of sp³-hybridized carbons (Fsp3) is 0.429. The molecule has 0 spiro atoms. The molecule has 1 N–H and O–H groups in total. The molecule has 1 aliphatic carbocycles. The first-order chi connectivity index (χ1) is 16.1. The lowest BCUT2D eigenvalue weighted by molar-refractivity contribution is -0.199. The van der Waals surface area contributed by atoms with Gasteiger partial charge in [-0.1, -0.05) is 51.1 Å². The van der Waals surface area contributed by atoms with Gasteiger partial charge in [-0.25, -0.2) is 0 Å². The molecule has 2 aliphatic heterocycles. The summed E-state index contributed by atoms with van der Waals surface area (Å²) >= 11 is 6.22. The molecule has 6 heteroatoms. The van der Waals surface area contributed by atoms with Gasteiger partial charge in [-0.15, -0.1) is 0 Å². The van der Waals surface area contributed by atoms with Gasteiger partial charge < -0.3 is 15.0 Å². The van der Waals surface area contributed by atoms with Crippen LogP contribution >= 0.6 is 11.6 Å². The maximum Gasteiger partial charge on any atom is 0.254 e. The van der Waals surface area contributed by atoms with Gasteiger partial charge in [0.05, 0.1) is 10.6 Å². The van der Waals surface area contributed by atoms with Gasteiger partial charge >= 0.3 is 0 Å². The van der Waals surface area contributed by atoms with E-state index in [1.54, 1.807) is 18.2 Å². The number of nitrogens with zero attached hydrogens (tertiary/aromatic N) is 2. The molecule has 2 aromatic rings. The van der Waals surface area contributed by atoms with Crippen molar-refractivity contribution in [3.05, 3.63) is 63.7 Å². The van der Waals surface area contributed by atoms with E-state index in [2.05, 4.69) is 57.0 Å². The Morgan fingerprint density at radius 1 is 1.12 bits per heavy atom. The van der Waals surface area contributed by atoms with Crippen molar-refractivity contribution in [3.8, 4) is 23.7 Å². The Labute approximate surface area is 206 Å². The quantitative estimate of drug-likeness (QED) is 0.660. The lowest BCUT2D eigenvalue weighted by Crippen LogP contribution is -2.74. The third-order valence-electron chi connectivity index (χ3n) is 7.53. The van der Waals surface area contributed by atoms with Gasteiger partial charge in [-0.3, -0.25) is 4.79 Å². The standard InChI is InChI=1S/C28H28ClN3O2/c1-27(2)25(28(3,4)26(27)34-21-9-8-19(13-30)23(29)12-21)32-16-20-11-17(5-6-18-14-31-15-18)7-10-22(20)24(32)33/h7-12,18,25-26,31H,14-16H2,1-4H3/t25-,26-. The largest absolute Gasteiger partial charge is 0.489 e. The fourth-order valence-electron chi connectivity index (χ4n) is 6.22. The summed E-state index contributed by atoms with van der Waals surface area (Å²) in [5, 5.41) is 12.7. The minimum Gasteiger partial charge on any atom is -0.489 e. The smallest absolute Gasteiger partial charge is 0.254 e. The minimum atomic E-state index is -0.276. The highest BCUT2D eigenvalue weighted by atomic mass is 35.5. The van der Waals surface area contributed by atoms with Gasteiger partial charge in [0.1, 0.15) is 17.9 Å². The van der Waals surface area contributed by atoms with Crippen LogP contribution in [0.3, 0.4) is 0 Å². The molecule has 3 aliphatic rings. The van der Waals surface area contributed by atoms with Crippen LogP contribution in [-0.2, 0) is 6.54 Å². The highest BCUT2D eigenvalue weighted by molar-refractivity contribution is 6.31. The zero-order chi connectivity index (χ0) is 24.3. The van der Waals surface area contributed by atoms with Crippen LogP contribution in [0.25, 0.3) is 0 Å². The highest BCUT2D eigenvalue weighted by Crippen LogP contribution is 2.59. The molecule has 174 valence electrons. The zero-order valence-corrected chi connectivity index (χ0v) is 20.7. The van der Waals surface area contributed by atoms with Crippen LogP contribution in [0.5, 0.6) is 5.75 Å². The van der Waals surface area contributed by atoms with Crippen LogP contribution in [0, 0.1) is 39.9 Å². The first kappa shape index (κ1) is 22.8. The Hall–Kier alpha value is -2.99. The summed E-state index contributed by atoms with van der Waals surface area (Å²) in [5.41, 5.74) is 2.64. The van der Waals surface area contributed by atoms with Gasteiger partial charge in [-0.2, -0.15) is 5.26 Å². The van der Waals surface area contributed by atoms with E-state index in [0.29, 0.717) is 28.8 Å². The average Bonchev–Trinajstić information content (AvgIpc) is 3.05. The monoisotopic (exact) mass is 473 g/mol. The van der Waals surface area contributed by atoms with Crippen molar-refractivity contribution >= 4 is 17.5 Å². The van der Waals surface area contributed by atoms with Gasteiger partial charge in [0.25, 0.3) is 5.91 Å². The second kappa shape index (κ2) is 8.05. The summed E-state index contributed by atoms with van der Waals surface area (Å²) in [4.78, 5) is 15.4. The molecule has 2 aromatic carbocycles. The molecule has 1 amide bonds. The van der Waals surface area contributed by atoms with Gasteiger partial charge in [0, 0.05) is 59.6 Å². The van der Waals surface area contributed by atoms with E-state index in [4.69, 9.17) is 21.6 Å². The van der Waals surface area contributed by atoms with Crippen LogP contribution in [0.1, 0.15) is 54.7 Å². The molecule has 5 nitrogen and oxygen atoms in total. The van der Waals surface area contributed by atoms with Crippen LogP contribution in [0.4, 0.5) is 0 Å². The summed E-state index contributed by atoms with van der Waals surface area (Å²) in [6.07, 6.45) is -0.122. The van der Waals surface area contributed by atoms with Gasteiger partial charge in [-0.05, 0) is 35.9 Å². The van der Waals surface area contributed by atoms with E-state index in [9.17, 15) is 4.79 Å². The number of halogens is 1. The van der Waals surface area contributed by atoms with Crippen molar-refractivity contribution in [2.45, 2.75) is 46.4 Å². The predicted octanol–water partition coefficient (Wildman–Crippen LogP) is 4.62. The number of rotatable bonds is 3. The number of amides is 1. The van der Waals surface area contributed by atoms with E-state index in [1.807, 2.05) is 17.0 Å². The molecule has 0 atom stereocenters. The molecule has 2 heterocycles. The number of carbonyl (C=O) groups excluding carboxylic acids is 1. The summed E-state index contributed by atoms with van der Waals surface area (Å²) in [5.74, 6) is 7.71. The summed E-state index contributed by atoms with van der Waals surface area (Å²) < 4.78 is 6.40. The van der Waals surface area contributed by atoms with E-state index in [1.165, 1.54) is 0 Å². The zero-order valence-electron chi connectivity index (χ0n) is 19.9. The molecule has 0 radical (unpaired) electrons. The average molecular weight is 474 g/mol. The lowest BCUT2D eigenvalue weighted by Gasteiger charge is -2.65. The van der Waals surface area contributed by atoms with Crippen molar-refractivity contribution in [2.24, 2.45) is 16.7 Å². The second-order valence-electron chi connectivity index (χ2n) is 10.7. The number of ether oxygens (including phenoxy) is 1. The lowest BCUT2D eigenvalue weighted by atomic mass is 9.49. The summed E-state index contributed by atoms with van der Waals surface area (Å²) in [7, 11) is 0. The first-order valence-electron chi connectivity index (χ1n) is 11.7. The molecular formula is C28H28ClN3O2. The number of carbonyl (C=O) groups is 1. The summed E-state index contributed by atoms with van der Waals surface area (Å²) in [6.45, 7) is 11.1. The van der Waals surface area contributed by atoms with Crippen LogP contribution in [0.15, 0.2) is 36.4 Å². The second-order valence-corrected chi connectivity index (χ2v) is 11.1. The van der Waals surface area contributed by atoms with Crippen molar-refractivity contribution in [2.75, 3.05) is 13.1 Å². The number of nitriles is 1. The number of fused-ring (bicyclic) bond motifs is 1. The molecule has 0 bridgehead atoms. The van der Waals surface area contributed by atoms with Crippen molar-refractivity contribution in [1.29, 1.82) is 5.26 Å². The Morgan fingerprint density at radius 2 is 1.85 bits per heavy atom. The minimum absolute atomic E-state index is 0.00865. The molecule has 1 saturated heterocycles. The molecule has 0 unspecified atom stereocenters. The molecule has 2 fully saturated rings. The van der Waals surface area contributed by atoms with E-state index in [0.717, 1.165) is 29.8 Å². The van der Waals surface area contributed by atoms with Crippen molar-refractivity contribution in [1.82, 2.24) is 10.2 Å². The Balaban J connectivity index is 1.36.